The van der Waals surface area contributed by atoms with Gasteiger partial charge < -0.3 is 9.47 Å². The van der Waals surface area contributed by atoms with E-state index in [0.29, 0.717) is 30.3 Å². The first-order chi connectivity index (χ1) is 9.67. The summed E-state index contributed by atoms with van der Waals surface area (Å²) in [5, 5.41) is 3.86. The first-order valence-corrected chi connectivity index (χ1v) is 7.58. The smallest absolute Gasteiger partial charge is 0.194 e. The van der Waals surface area contributed by atoms with Crippen LogP contribution in [-0.2, 0) is 0 Å². The normalized spacial score (nSPS) is 10.3. The van der Waals surface area contributed by atoms with Crippen LogP contribution >= 0.6 is 11.3 Å². The van der Waals surface area contributed by atoms with Gasteiger partial charge in [-0.2, -0.15) is 11.3 Å². The molecule has 2 aromatic rings. The van der Waals surface area contributed by atoms with Crippen molar-refractivity contribution < 1.29 is 14.3 Å². The van der Waals surface area contributed by atoms with Crippen LogP contribution in [0.4, 0.5) is 0 Å². The van der Waals surface area contributed by atoms with Crippen LogP contribution in [0.15, 0.2) is 29.0 Å². The van der Waals surface area contributed by atoms with Gasteiger partial charge in [0.2, 0.25) is 0 Å². The summed E-state index contributed by atoms with van der Waals surface area (Å²) in [6, 6.07) is 5.34. The monoisotopic (exact) mass is 290 g/mol. The summed E-state index contributed by atoms with van der Waals surface area (Å²) >= 11 is 1.54. The standard InChI is InChI=1S/C16H18O3S/c1-4-18-14-7-6-12(8-15(14)19-5-2)16(17)13-10-20-9-11(13)3/h6-10H,4-5H2,1-3H3. The molecule has 0 aliphatic carbocycles. The molecular weight excluding hydrogens is 272 g/mol. The lowest BCUT2D eigenvalue weighted by Crippen LogP contribution is -2.04. The molecule has 0 bridgehead atoms. The summed E-state index contributed by atoms with van der Waals surface area (Å²) in [4.78, 5) is 12.5. The summed E-state index contributed by atoms with van der Waals surface area (Å²) in [6.07, 6.45) is 0. The Morgan fingerprint density at radius 3 is 2.40 bits per heavy atom. The SMILES string of the molecule is CCOc1ccc(C(=O)c2cscc2C)cc1OCC. The molecule has 0 aliphatic rings. The lowest BCUT2D eigenvalue weighted by molar-refractivity contribution is 0.103. The lowest BCUT2D eigenvalue weighted by Gasteiger charge is -2.12. The van der Waals surface area contributed by atoms with Gasteiger partial charge in [0, 0.05) is 16.5 Å². The van der Waals surface area contributed by atoms with E-state index in [1.54, 1.807) is 18.2 Å². The maximum atomic E-state index is 12.5. The first kappa shape index (κ1) is 14.6. The van der Waals surface area contributed by atoms with Crippen LogP contribution in [0.3, 0.4) is 0 Å². The van der Waals surface area contributed by atoms with Gasteiger partial charge in [0.1, 0.15) is 0 Å². The average molecular weight is 290 g/mol. The largest absolute Gasteiger partial charge is 0.490 e. The first-order valence-electron chi connectivity index (χ1n) is 6.64. The maximum absolute atomic E-state index is 12.5. The predicted molar refractivity (Wildman–Crippen MR) is 81.3 cm³/mol. The third-order valence-corrected chi connectivity index (χ3v) is 3.77. The fraction of sp³-hybridized carbons (Fsp3) is 0.312. The second-order valence-corrected chi connectivity index (χ2v) is 5.07. The van der Waals surface area contributed by atoms with Gasteiger partial charge in [-0.25, -0.2) is 0 Å². The van der Waals surface area contributed by atoms with Crippen LogP contribution in [0, 0.1) is 6.92 Å². The average Bonchev–Trinajstić information content (AvgIpc) is 2.86. The number of ether oxygens (including phenoxy) is 2. The Labute approximate surface area is 123 Å². The van der Waals surface area contributed by atoms with Gasteiger partial charge in [-0.05, 0) is 49.9 Å². The Balaban J connectivity index is 2.35. The second kappa shape index (κ2) is 6.57. The number of rotatable bonds is 6. The molecule has 1 aromatic heterocycles. The Hall–Kier alpha value is -1.81. The Morgan fingerprint density at radius 2 is 1.80 bits per heavy atom. The summed E-state index contributed by atoms with van der Waals surface area (Å²) in [5.74, 6) is 1.31. The molecule has 106 valence electrons. The molecule has 0 N–H and O–H groups in total. The number of thiophene rings is 1. The zero-order chi connectivity index (χ0) is 14.5. The molecule has 0 unspecified atom stereocenters. The number of ketones is 1. The van der Waals surface area contributed by atoms with Crippen molar-refractivity contribution >= 4 is 17.1 Å². The van der Waals surface area contributed by atoms with E-state index in [-0.39, 0.29) is 5.78 Å². The number of hydrogen-bond acceptors (Lipinski definition) is 4. The van der Waals surface area contributed by atoms with Crippen LogP contribution in [0.5, 0.6) is 11.5 Å². The third-order valence-electron chi connectivity index (χ3n) is 2.91. The minimum absolute atomic E-state index is 0.0211. The molecule has 0 radical (unpaired) electrons. The highest BCUT2D eigenvalue weighted by Gasteiger charge is 2.15. The summed E-state index contributed by atoms with van der Waals surface area (Å²) < 4.78 is 11.1. The van der Waals surface area contributed by atoms with Gasteiger partial charge in [0.25, 0.3) is 0 Å². The van der Waals surface area contributed by atoms with Gasteiger partial charge in [0.15, 0.2) is 17.3 Å². The van der Waals surface area contributed by atoms with Crippen LogP contribution in [0.1, 0.15) is 35.3 Å². The van der Waals surface area contributed by atoms with Crippen molar-refractivity contribution in [2.75, 3.05) is 13.2 Å². The van der Waals surface area contributed by atoms with Gasteiger partial charge >= 0.3 is 0 Å². The van der Waals surface area contributed by atoms with E-state index in [0.717, 1.165) is 11.1 Å². The van der Waals surface area contributed by atoms with Crippen molar-refractivity contribution in [3.8, 4) is 11.5 Å². The molecule has 0 atom stereocenters. The highest BCUT2D eigenvalue weighted by molar-refractivity contribution is 7.08. The van der Waals surface area contributed by atoms with E-state index in [1.165, 1.54) is 11.3 Å². The van der Waals surface area contributed by atoms with Crippen molar-refractivity contribution in [1.29, 1.82) is 0 Å². The highest BCUT2D eigenvalue weighted by Crippen LogP contribution is 2.30. The van der Waals surface area contributed by atoms with E-state index >= 15 is 0 Å². The number of hydrogen-bond donors (Lipinski definition) is 0. The van der Waals surface area contributed by atoms with E-state index in [4.69, 9.17) is 9.47 Å². The second-order valence-electron chi connectivity index (χ2n) is 4.33. The molecule has 0 spiro atoms. The number of aryl methyl sites for hydroxylation is 1. The molecule has 0 saturated heterocycles. The van der Waals surface area contributed by atoms with E-state index in [2.05, 4.69) is 0 Å². The van der Waals surface area contributed by atoms with E-state index in [9.17, 15) is 4.79 Å². The zero-order valence-corrected chi connectivity index (χ0v) is 12.8. The van der Waals surface area contributed by atoms with Gasteiger partial charge in [0.05, 0.1) is 13.2 Å². The van der Waals surface area contributed by atoms with E-state index in [1.807, 2.05) is 31.5 Å². The van der Waals surface area contributed by atoms with Crippen molar-refractivity contribution in [1.82, 2.24) is 0 Å². The minimum Gasteiger partial charge on any atom is -0.490 e. The number of carbonyl (C=O) groups is 1. The van der Waals surface area contributed by atoms with Gasteiger partial charge in [-0.3, -0.25) is 4.79 Å². The Morgan fingerprint density at radius 1 is 1.10 bits per heavy atom. The number of carbonyl (C=O) groups excluding carboxylic acids is 1. The zero-order valence-electron chi connectivity index (χ0n) is 11.9. The summed E-state index contributed by atoms with van der Waals surface area (Å²) in [7, 11) is 0. The molecule has 20 heavy (non-hydrogen) atoms. The van der Waals surface area contributed by atoms with Crippen LogP contribution < -0.4 is 9.47 Å². The quantitative estimate of drug-likeness (QED) is 0.752. The number of benzene rings is 1. The molecule has 2 rings (SSSR count). The Kier molecular flexibility index (Phi) is 4.79. The van der Waals surface area contributed by atoms with Crippen molar-refractivity contribution in [2.24, 2.45) is 0 Å². The van der Waals surface area contributed by atoms with E-state index < -0.39 is 0 Å². The molecule has 0 amide bonds. The summed E-state index contributed by atoms with van der Waals surface area (Å²) in [6.45, 7) is 6.88. The summed E-state index contributed by atoms with van der Waals surface area (Å²) in [5.41, 5.74) is 2.38. The minimum atomic E-state index is 0.0211. The molecule has 3 nitrogen and oxygen atoms in total. The topological polar surface area (TPSA) is 35.5 Å². The van der Waals surface area contributed by atoms with Crippen molar-refractivity contribution in [2.45, 2.75) is 20.8 Å². The van der Waals surface area contributed by atoms with Crippen LogP contribution in [-0.4, -0.2) is 19.0 Å². The lowest BCUT2D eigenvalue weighted by atomic mass is 10.0. The van der Waals surface area contributed by atoms with Crippen LogP contribution in [0.25, 0.3) is 0 Å². The molecule has 0 aliphatic heterocycles. The van der Waals surface area contributed by atoms with Crippen molar-refractivity contribution in [3.63, 3.8) is 0 Å². The van der Waals surface area contributed by atoms with Crippen LogP contribution in [0.2, 0.25) is 0 Å². The fourth-order valence-electron chi connectivity index (χ4n) is 1.94. The predicted octanol–water partition coefficient (Wildman–Crippen LogP) is 4.08. The molecule has 0 fully saturated rings. The molecule has 0 saturated carbocycles. The van der Waals surface area contributed by atoms with Gasteiger partial charge in [-0.15, -0.1) is 0 Å². The fourth-order valence-corrected chi connectivity index (χ4v) is 2.77. The molecule has 1 heterocycles. The molecule has 1 aromatic carbocycles. The third kappa shape index (κ3) is 3.02. The maximum Gasteiger partial charge on any atom is 0.194 e. The Bertz CT molecular complexity index is 602. The highest BCUT2D eigenvalue weighted by atomic mass is 32.1. The molecule has 4 heteroatoms. The molecular formula is C16H18O3S. The van der Waals surface area contributed by atoms with Gasteiger partial charge in [-0.1, -0.05) is 0 Å². The van der Waals surface area contributed by atoms with Crippen molar-refractivity contribution in [3.05, 3.63) is 45.6 Å².